The normalized spacial score (nSPS) is 15.2. The Hall–Kier alpha value is -3.68. The van der Waals surface area contributed by atoms with Crippen LogP contribution in [0.2, 0.25) is 0 Å². The van der Waals surface area contributed by atoms with Crippen LogP contribution in [0.4, 0.5) is 10.6 Å². The zero-order chi connectivity index (χ0) is 21.3. The molecule has 1 aromatic carbocycles. The Bertz CT molecular complexity index is 1120. The van der Waals surface area contributed by atoms with Crippen LogP contribution in [-0.2, 0) is 11.3 Å². The molecular formula is C22H23N5O3. The molecule has 0 radical (unpaired) electrons. The molecule has 1 aliphatic rings. The quantitative estimate of drug-likeness (QED) is 0.633. The number of nitrogens with one attached hydrogen (secondary N) is 2. The molecule has 30 heavy (non-hydrogen) atoms. The molecule has 0 fully saturated rings. The second-order valence-electron chi connectivity index (χ2n) is 8.07. The number of hydrogen-bond donors (Lipinski definition) is 2. The molecule has 8 heteroatoms. The van der Waals surface area contributed by atoms with Crippen LogP contribution >= 0.6 is 0 Å². The number of aromatic amines is 1. The van der Waals surface area contributed by atoms with E-state index in [4.69, 9.17) is 4.74 Å². The highest BCUT2D eigenvalue weighted by atomic mass is 16.6. The smallest absolute Gasteiger partial charge is 0.413 e. The Balaban J connectivity index is 1.58. The summed E-state index contributed by atoms with van der Waals surface area (Å²) in [5.74, 6) is 0.192. The summed E-state index contributed by atoms with van der Waals surface area (Å²) in [6, 6.07) is 9.43. The summed E-state index contributed by atoms with van der Waals surface area (Å²) in [6.07, 6.45) is 5.24. The molecule has 3 aromatic rings. The molecule has 154 valence electrons. The van der Waals surface area contributed by atoms with Crippen molar-refractivity contribution in [3.63, 3.8) is 0 Å². The molecule has 3 heterocycles. The Kier molecular flexibility index (Phi) is 4.99. The van der Waals surface area contributed by atoms with Crippen molar-refractivity contribution < 1.29 is 14.3 Å². The first-order valence-corrected chi connectivity index (χ1v) is 9.71. The third kappa shape index (κ3) is 4.17. The summed E-state index contributed by atoms with van der Waals surface area (Å²) in [6.45, 7) is 5.90. The zero-order valence-electron chi connectivity index (χ0n) is 17.1. The summed E-state index contributed by atoms with van der Waals surface area (Å²) in [5, 5.41) is 6.91. The van der Waals surface area contributed by atoms with Crippen LogP contribution in [-0.4, -0.2) is 37.2 Å². The largest absolute Gasteiger partial charge is 0.444 e. The Morgan fingerprint density at radius 2 is 2.10 bits per heavy atom. The number of carbonyl (C=O) groups is 2. The predicted molar refractivity (Wildman–Crippen MR) is 113 cm³/mol. The first-order chi connectivity index (χ1) is 14.3. The third-order valence-electron chi connectivity index (χ3n) is 4.61. The van der Waals surface area contributed by atoms with Crippen molar-refractivity contribution in [3.05, 3.63) is 59.7 Å². The Morgan fingerprint density at radius 1 is 1.30 bits per heavy atom. The molecule has 0 bridgehead atoms. The number of rotatable bonds is 3. The average Bonchev–Trinajstić information content (AvgIpc) is 3.33. The van der Waals surface area contributed by atoms with Gasteiger partial charge in [-0.2, -0.15) is 5.10 Å². The van der Waals surface area contributed by atoms with Crippen LogP contribution in [0, 0.1) is 0 Å². The van der Waals surface area contributed by atoms with Crippen LogP contribution in [0.3, 0.4) is 0 Å². The van der Waals surface area contributed by atoms with Gasteiger partial charge in [0.15, 0.2) is 5.82 Å². The number of nitrogens with zero attached hydrogens (tertiary/aromatic N) is 3. The van der Waals surface area contributed by atoms with Gasteiger partial charge in [-0.15, -0.1) is 0 Å². The zero-order valence-corrected chi connectivity index (χ0v) is 17.1. The number of allylic oxidation sites excluding steroid dienone is 1. The van der Waals surface area contributed by atoms with Crippen molar-refractivity contribution in [2.75, 3.05) is 5.32 Å². The maximum atomic E-state index is 13.1. The van der Waals surface area contributed by atoms with E-state index in [2.05, 4.69) is 20.4 Å². The first kappa shape index (κ1) is 19.6. The monoisotopic (exact) mass is 405 g/mol. The minimum atomic E-state index is -0.614. The first-order valence-electron chi connectivity index (χ1n) is 9.71. The second kappa shape index (κ2) is 7.62. The van der Waals surface area contributed by atoms with Crippen molar-refractivity contribution in [2.45, 2.75) is 39.3 Å². The summed E-state index contributed by atoms with van der Waals surface area (Å²) in [7, 11) is 0. The lowest BCUT2D eigenvalue weighted by Crippen LogP contribution is -2.27. The van der Waals surface area contributed by atoms with Crippen LogP contribution in [0.1, 0.15) is 43.2 Å². The Morgan fingerprint density at radius 3 is 2.83 bits per heavy atom. The number of ether oxygens (including phenoxy) is 1. The highest BCUT2D eigenvalue weighted by Crippen LogP contribution is 2.28. The van der Waals surface area contributed by atoms with Gasteiger partial charge in [-0.3, -0.25) is 14.8 Å². The SMILES string of the molecule is CC(C)(C)OC(=O)Nc1cc2n(n1)CC/C(=C\c1ccccc1-c1cnc[nH]1)C2=O. The molecule has 4 rings (SSSR count). The molecule has 2 aromatic heterocycles. The number of imidazole rings is 1. The van der Waals surface area contributed by atoms with E-state index in [9.17, 15) is 9.59 Å². The van der Waals surface area contributed by atoms with Gasteiger partial charge in [-0.25, -0.2) is 9.78 Å². The molecule has 2 N–H and O–H groups in total. The number of fused-ring (bicyclic) bond motifs is 1. The lowest BCUT2D eigenvalue weighted by atomic mass is 9.96. The molecular weight excluding hydrogens is 382 g/mol. The highest BCUT2D eigenvalue weighted by Gasteiger charge is 2.26. The van der Waals surface area contributed by atoms with Crippen molar-refractivity contribution in [2.24, 2.45) is 0 Å². The number of carbonyl (C=O) groups excluding carboxylic acids is 2. The van der Waals surface area contributed by atoms with Crippen molar-refractivity contribution in [3.8, 4) is 11.3 Å². The van der Waals surface area contributed by atoms with Gasteiger partial charge in [0, 0.05) is 23.7 Å². The topological polar surface area (TPSA) is 102 Å². The number of H-pyrrole nitrogens is 1. The molecule has 0 atom stereocenters. The Labute approximate surface area is 174 Å². The van der Waals surface area contributed by atoms with Gasteiger partial charge in [0.05, 0.1) is 18.2 Å². The van der Waals surface area contributed by atoms with E-state index < -0.39 is 11.7 Å². The van der Waals surface area contributed by atoms with E-state index in [0.717, 1.165) is 16.8 Å². The number of aryl methyl sites for hydroxylation is 1. The number of amides is 1. The highest BCUT2D eigenvalue weighted by molar-refractivity contribution is 6.11. The maximum absolute atomic E-state index is 13.1. The van der Waals surface area contributed by atoms with Gasteiger partial charge >= 0.3 is 6.09 Å². The minimum absolute atomic E-state index is 0.106. The molecule has 0 saturated heterocycles. The van der Waals surface area contributed by atoms with E-state index in [1.54, 1.807) is 44.0 Å². The fourth-order valence-electron chi connectivity index (χ4n) is 3.34. The summed E-state index contributed by atoms with van der Waals surface area (Å²) < 4.78 is 6.86. The lowest BCUT2D eigenvalue weighted by molar-refractivity contribution is 0.0635. The van der Waals surface area contributed by atoms with E-state index in [-0.39, 0.29) is 5.78 Å². The number of hydrogen-bond acceptors (Lipinski definition) is 5. The number of anilines is 1. The number of benzene rings is 1. The fourth-order valence-corrected chi connectivity index (χ4v) is 3.34. The average molecular weight is 405 g/mol. The number of Topliss-reactive ketones (excluding diaryl/α,β-unsaturated/α-hetero) is 1. The van der Waals surface area contributed by atoms with Gasteiger partial charge in [0.2, 0.25) is 5.78 Å². The fraction of sp³-hybridized carbons (Fsp3) is 0.273. The van der Waals surface area contributed by atoms with E-state index in [0.29, 0.717) is 30.1 Å². The van der Waals surface area contributed by atoms with Gasteiger partial charge < -0.3 is 9.72 Å². The van der Waals surface area contributed by atoms with Gasteiger partial charge in [-0.1, -0.05) is 24.3 Å². The van der Waals surface area contributed by atoms with Crippen LogP contribution in [0.5, 0.6) is 0 Å². The molecule has 0 saturated carbocycles. The molecule has 0 unspecified atom stereocenters. The van der Waals surface area contributed by atoms with Gasteiger partial charge in [0.25, 0.3) is 0 Å². The molecule has 0 spiro atoms. The van der Waals surface area contributed by atoms with Crippen molar-refractivity contribution >= 4 is 23.8 Å². The van der Waals surface area contributed by atoms with Crippen LogP contribution < -0.4 is 5.32 Å². The molecule has 1 amide bonds. The maximum Gasteiger partial charge on any atom is 0.413 e. The summed E-state index contributed by atoms with van der Waals surface area (Å²) in [5.41, 5.74) is 3.32. The lowest BCUT2D eigenvalue weighted by Gasteiger charge is -2.19. The minimum Gasteiger partial charge on any atom is -0.444 e. The standard InChI is InChI=1S/C22H23N5O3/c1-22(2,3)30-21(29)25-19-11-18-20(28)15(8-9-27(18)26-19)10-14-6-4-5-7-16(14)17-12-23-13-24-17/h4-7,10-13H,8-9H2,1-3H3,(H,23,24)(H,25,26,29)/b15-10+. The van der Waals surface area contributed by atoms with Crippen LogP contribution in [0.15, 0.2) is 48.4 Å². The summed E-state index contributed by atoms with van der Waals surface area (Å²) >= 11 is 0. The van der Waals surface area contributed by atoms with Crippen LogP contribution in [0.25, 0.3) is 17.3 Å². The number of ketones is 1. The third-order valence-corrected chi connectivity index (χ3v) is 4.61. The van der Waals surface area contributed by atoms with E-state index in [1.165, 1.54) is 0 Å². The predicted octanol–water partition coefficient (Wildman–Crippen LogP) is 4.29. The van der Waals surface area contributed by atoms with E-state index >= 15 is 0 Å². The molecule has 0 aliphatic carbocycles. The van der Waals surface area contributed by atoms with Crippen molar-refractivity contribution in [1.29, 1.82) is 0 Å². The van der Waals surface area contributed by atoms with E-state index in [1.807, 2.05) is 30.3 Å². The molecule has 1 aliphatic heterocycles. The second-order valence-corrected chi connectivity index (χ2v) is 8.07. The number of aromatic nitrogens is 4. The molecule has 8 nitrogen and oxygen atoms in total. The summed E-state index contributed by atoms with van der Waals surface area (Å²) in [4.78, 5) is 32.2. The van der Waals surface area contributed by atoms with Crippen molar-refractivity contribution in [1.82, 2.24) is 19.7 Å². The van der Waals surface area contributed by atoms with Gasteiger partial charge in [0.1, 0.15) is 11.3 Å². The van der Waals surface area contributed by atoms with Gasteiger partial charge in [-0.05, 0) is 38.8 Å².